The van der Waals surface area contributed by atoms with Crippen LogP contribution in [0, 0.1) is 5.92 Å². The molecule has 0 aromatic heterocycles. The second-order valence-electron chi connectivity index (χ2n) is 5.16. The van der Waals surface area contributed by atoms with E-state index in [-0.39, 0.29) is 36.1 Å². The summed E-state index contributed by atoms with van der Waals surface area (Å²) in [5.41, 5.74) is 0.501. The average Bonchev–Trinajstić information content (AvgIpc) is 2.78. The monoisotopic (exact) mass is 363 g/mol. The van der Waals surface area contributed by atoms with Crippen molar-refractivity contribution in [3.63, 3.8) is 0 Å². The third kappa shape index (κ3) is 4.42. The molecule has 1 saturated heterocycles. The van der Waals surface area contributed by atoms with E-state index in [0.29, 0.717) is 5.69 Å². The molecular weight excluding hydrogens is 349 g/mol. The molecule has 1 fully saturated rings. The number of nitrogens with zero attached hydrogens (tertiary/aromatic N) is 1. The summed E-state index contributed by atoms with van der Waals surface area (Å²) in [7, 11) is -4.65. The van der Waals surface area contributed by atoms with Crippen LogP contribution in [0.1, 0.15) is 23.7 Å². The fraction of sp³-hybridized carbons (Fsp3) is 0.429. The van der Waals surface area contributed by atoms with Crippen molar-refractivity contribution < 1.29 is 26.6 Å². The van der Waals surface area contributed by atoms with Crippen LogP contribution in [0.2, 0.25) is 5.02 Å². The summed E-state index contributed by atoms with van der Waals surface area (Å²) in [6.45, 7) is 1.89. The zero-order valence-electron chi connectivity index (χ0n) is 12.3. The molecule has 1 aromatic carbocycles. The first-order valence-corrected chi connectivity index (χ1v) is 8.83. The number of hydrogen-bond donors (Lipinski definition) is 0. The van der Waals surface area contributed by atoms with E-state index >= 15 is 0 Å². The highest BCUT2D eigenvalue weighted by atomic mass is 35.5. The molecule has 0 aliphatic carbocycles. The van der Waals surface area contributed by atoms with Crippen LogP contribution >= 0.6 is 11.6 Å². The predicted octanol–water partition coefficient (Wildman–Crippen LogP) is 2.17. The Morgan fingerprint density at radius 1 is 1.48 bits per heavy atom. The summed E-state index contributed by atoms with van der Waals surface area (Å²) in [4.78, 5) is 25.2. The summed E-state index contributed by atoms with van der Waals surface area (Å²) in [6.07, 6.45) is -0.0689. The minimum atomic E-state index is -4.65. The number of hydrogen-bond acceptors (Lipinski definition) is 5. The molecular formula is C14H15ClFNO5S. The highest BCUT2D eigenvalue weighted by Gasteiger charge is 2.34. The van der Waals surface area contributed by atoms with Gasteiger partial charge in [0.05, 0.1) is 22.9 Å². The molecule has 126 valence electrons. The molecule has 1 aliphatic heterocycles. The largest absolute Gasteiger partial charge is 0.462 e. The quantitative estimate of drug-likeness (QED) is 0.591. The lowest BCUT2D eigenvalue weighted by molar-refractivity contribution is -0.117. The maximum atomic E-state index is 12.8. The van der Waals surface area contributed by atoms with Crippen LogP contribution in [-0.2, 0) is 19.8 Å². The Hall–Kier alpha value is -1.67. The Balaban J connectivity index is 2.23. The second-order valence-corrected chi connectivity index (χ2v) is 6.98. The predicted molar refractivity (Wildman–Crippen MR) is 82.8 cm³/mol. The smallest absolute Gasteiger partial charge is 0.339 e. The Morgan fingerprint density at radius 3 is 2.78 bits per heavy atom. The van der Waals surface area contributed by atoms with Crippen molar-refractivity contribution in [3.05, 3.63) is 28.8 Å². The van der Waals surface area contributed by atoms with Gasteiger partial charge < -0.3 is 9.64 Å². The van der Waals surface area contributed by atoms with Gasteiger partial charge in [0.2, 0.25) is 5.91 Å². The maximum Gasteiger partial charge on any atom is 0.339 e. The van der Waals surface area contributed by atoms with Crippen LogP contribution in [-0.4, -0.2) is 39.2 Å². The summed E-state index contributed by atoms with van der Waals surface area (Å²) in [6, 6.07) is 4.40. The van der Waals surface area contributed by atoms with E-state index in [4.69, 9.17) is 16.3 Å². The number of carbonyl (C=O) groups is 2. The van der Waals surface area contributed by atoms with Gasteiger partial charge >= 0.3 is 16.2 Å². The number of halogens is 2. The highest BCUT2D eigenvalue weighted by molar-refractivity contribution is 7.86. The van der Waals surface area contributed by atoms with Gasteiger partial charge in [0.25, 0.3) is 0 Å². The Kier molecular flexibility index (Phi) is 5.26. The second kappa shape index (κ2) is 6.84. The van der Waals surface area contributed by atoms with E-state index < -0.39 is 27.9 Å². The number of benzene rings is 1. The molecule has 1 atom stereocenters. The molecule has 0 spiro atoms. The SMILES string of the molecule is CCOC(=O)c1cc(N2CC(CS(=O)(=O)F)CC2=O)ccc1Cl. The van der Waals surface area contributed by atoms with Crippen LogP contribution in [0.15, 0.2) is 18.2 Å². The average molecular weight is 364 g/mol. The van der Waals surface area contributed by atoms with Gasteiger partial charge in [-0.2, -0.15) is 8.42 Å². The van der Waals surface area contributed by atoms with Gasteiger partial charge in [-0.05, 0) is 25.1 Å². The van der Waals surface area contributed by atoms with Crippen LogP contribution in [0.5, 0.6) is 0 Å². The van der Waals surface area contributed by atoms with Crippen molar-refractivity contribution in [1.82, 2.24) is 0 Å². The van der Waals surface area contributed by atoms with E-state index in [9.17, 15) is 21.9 Å². The normalized spacial score (nSPS) is 18.3. The van der Waals surface area contributed by atoms with E-state index in [1.165, 1.54) is 23.1 Å². The zero-order valence-corrected chi connectivity index (χ0v) is 13.9. The zero-order chi connectivity index (χ0) is 17.2. The standard InChI is InChI=1S/C14H15ClFNO5S/c1-2-22-14(19)11-6-10(3-4-12(11)15)17-7-9(5-13(17)18)8-23(16,20)21/h3-4,6,9H,2,5,7-8H2,1H3. The van der Waals surface area contributed by atoms with E-state index in [1.54, 1.807) is 6.92 Å². The number of amides is 1. The molecule has 1 heterocycles. The molecule has 0 bridgehead atoms. The van der Waals surface area contributed by atoms with Gasteiger partial charge in [0.15, 0.2) is 0 Å². The van der Waals surface area contributed by atoms with E-state index in [1.807, 2.05) is 0 Å². The highest BCUT2D eigenvalue weighted by Crippen LogP contribution is 2.29. The lowest BCUT2D eigenvalue weighted by Gasteiger charge is -2.18. The molecule has 2 rings (SSSR count). The van der Waals surface area contributed by atoms with Crippen molar-refractivity contribution in [2.24, 2.45) is 5.92 Å². The Bertz CT molecular complexity index is 737. The summed E-state index contributed by atoms with van der Waals surface area (Å²) in [5, 5.41) is 0.182. The Labute approximate surface area is 138 Å². The van der Waals surface area contributed by atoms with Gasteiger partial charge in [-0.1, -0.05) is 11.6 Å². The lowest BCUT2D eigenvalue weighted by Crippen LogP contribution is -2.25. The minimum absolute atomic E-state index is 0.0614. The molecule has 6 nitrogen and oxygen atoms in total. The third-order valence-electron chi connectivity index (χ3n) is 3.40. The molecule has 0 saturated carbocycles. The Morgan fingerprint density at radius 2 is 2.17 bits per heavy atom. The fourth-order valence-corrected chi connectivity index (χ4v) is 3.45. The van der Waals surface area contributed by atoms with Crippen molar-refractivity contribution in [2.45, 2.75) is 13.3 Å². The fourth-order valence-electron chi connectivity index (χ4n) is 2.47. The molecule has 0 N–H and O–H groups in total. The third-order valence-corrected chi connectivity index (χ3v) is 4.60. The summed E-state index contributed by atoms with van der Waals surface area (Å²) in [5.74, 6) is -2.28. The number of ether oxygens (including phenoxy) is 1. The molecule has 9 heteroatoms. The van der Waals surface area contributed by atoms with Crippen molar-refractivity contribution in [2.75, 3.05) is 23.8 Å². The topological polar surface area (TPSA) is 80.8 Å². The van der Waals surface area contributed by atoms with Crippen LogP contribution < -0.4 is 4.90 Å². The molecule has 1 aromatic rings. The van der Waals surface area contributed by atoms with Gasteiger partial charge in [0.1, 0.15) is 0 Å². The molecule has 0 radical (unpaired) electrons. The van der Waals surface area contributed by atoms with Crippen molar-refractivity contribution in [1.29, 1.82) is 0 Å². The number of esters is 1. The van der Waals surface area contributed by atoms with Gasteiger partial charge in [-0.15, -0.1) is 3.89 Å². The van der Waals surface area contributed by atoms with Gasteiger partial charge in [-0.25, -0.2) is 4.79 Å². The molecule has 1 amide bonds. The van der Waals surface area contributed by atoms with E-state index in [2.05, 4.69) is 0 Å². The first-order valence-electron chi connectivity index (χ1n) is 6.90. The first kappa shape index (κ1) is 17.7. The molecule has 1 unspecified atom stereocenters. The van der Waals surface area contributed by atoms with Crippen molar-refractivity contribution >= 4 is 39.4 Å². The number of carbonyl (C=O) groups excluding carboxylic acids is 2. The maximum absolute atomic E-state index is 12.8. The lowest BCUT2D eigenvalue weighted by atomic mass is 10.1. The van der Waals surface area contributed by atoms with Gasteiger partial charge in [0, 0.05) is 24.6 Å². The van der Waals surface area contributed by atoms with E-state index in [0.717, 1.165) is 0 Å². The number of rotatable bonds is 5. The minimum Gasteiger partial charge on any atom is -0.462 e. The van der Waals surface area contributed by atoms with Crippen LogP contribution in [0.4, 0.5) is 9.57 Å². The molecule has 23 heavy (non-hydrogen) atoms. The molecule has 1 aliphatic rings. The van der Waals surface area contributed by atoms with Crippen LogP contribution in [0.25, 0.3) is 0 Å². The van der Waals surface area contributed by atoms with Crippen molar-refractivity contribution in [3.8, 4) is 0 Å². The number of anilines is 1. The summed E-state index contributed by atoms with van der Waals surface area (Å²) >= 11 is 5.95. The van der Waals surface area contributed by atoms with Crippen LogP contribution in [0.3, 0.4) is 0 Å². The first-order chi connectivity index (χ1) is 10.7. The van der Waals surface area contributed by atoms with Gasteiger partial charge in [-0.3, -0.25) is 4.79 Å². The summed E-state index contributed by atoms with van der Waals surface area (Å²) < 4.78 is 39.1.